The van der Waals surface area contributed by atoms with Crippen molar-refractivity contribution in [3.05, 3.63) is 0 Å². The zero-order valence-corrected chi connectivity index (χ0v) is 19.0. The first-order chi connectivity index (χ1) is 15.9. The maximum Gasteiger partial charge on any atom is 0.469 e. The molecule has 0 bridgehead atoms. The Kier molecular flexibility index (Phi) is 11.2. The van der Waals surface area contributed by atoms with Gasteiger partial charge in [-0.1, -0.05) is 0 Å². The molecule has 2 fully saturated rings. The Balaban J connectivity index is 2.12. The van der Waals surface area contributed by atoms with Gasteiger partial charge in [0.1, 0.15) is 48.8 Å². The fraction of sp³-hybridized carbons (Fsp3) is 0.941. The van der Waals surface area contributed by atoms with E-state index >= 15 is 0 Å². The van der Waals surface area contributed by atoms with Gasteiger partial charge in [-0.3, -0.25) is 9.32 Å². The first kappa shape index (κ1) is 29.4. The molecule has 0 aliphatic carbocycles. The van der Waals surface area contributed by atoms with Crippen molar-refractivity contribution < 1.29 is 78.0 Å². The van der Waals surface area contributed by atoms with Crippen LogP contribution in [-0.2, 0) is 37.6 Å². The fourth-order valence-corrected chi connectivity index (χ4v) is 3.69. The molecule has 200 valence electrons. The van der Waals surface area contributed by atoms with Gasteiger partial charge in [-0.25, -0.2) is 4.57 Å². The molecule has 8 N–H and O–H groups in total. The van der Waals surface area contributed by atoms with Crippen molar-refractivity contribution in [2.75, 3.05) is 26.9 Å². The van der Waals surface area contributed by atoms with E-state index in [4.69, 9.17) is 28.7 Å². The van der Waals surface area contributed by atoms with Crippen molar-refractivity contribution in [2.45, 2.75) is 74.3 Å². The summed E-state index contributed by atoms with van der Waals surface area (Å²) >= 11 is 0. The summed E-state index contributed by atoms with van der Waals surface area (Å²) < 4.78 is 41.4. The van der Waals surface area contributed by atoms with Crippen molar-refractivity contribution in [1.82, 2.24) is 0 Å². The lowest BCUT2D eigenvalue weighted by atomic mass is 9.97. The molecule has 2 saturated heterocycles. The van der Waals surface area contributed by atoms with E-state index in [1.54, 1.807) is 0 Å². The van der Waals surface area contributed by atoms with Crippen LogP contribution >= 0.6 is 7.82 Å². The van der Waals surface area contributed by atoms with Gasteiger partial charge in [0.25, 0.3) is 0 Å². The number of aliphatic hydroxyl groups is 6. The summed E-state index contributed by atoms with van der Waals surface area (Å²) in [6, 6.07) is 0. The van der Waals surface area contributed by atoms with Gasteiger partial charge in [-0.05, 0) is 6.42 Å². The highest BCUT2D eigenvalue weighted by Gasteiger charge is 2.51. The van der Waals surface area contributed by atoms with Crippen LogP contribution in [0.5, 0.6) is 0 Å². The minimum Gasteiger partial charge on any atom is -0.469 e. The number of phosphoric ester groups is 1. The Hall–Kier alpha value is -0.820. The van der Waals surface area contributed by atoms with E-state index in [-0.39, 0.29) is 19.4 Å². The molecule has 34 heavy (non-hydrogen) atoms. The molecule has 0 saturated carbocycles. The Morgan fingerprint density at radius 2 is 1.53 bits per heavy atom. The molecule has 0 aromatic heterocycles. The van der Waals surface area contributed by atoms with Crippen LogP contribution in [0.15, 0.2) is 0 Å². The molecule has 0 radical (unpaired) electrons. The van der Waals surface area contributed by atoms with Crippen LogP contribution in [0.2, 0.25) is 0 Å². The summed E-state index contributed by atoms with van der Waals surface area (Å²) in [5.41, 5.74) is 0. The first-order valence-electron chi connectivity index (χ1n) is 10.3. The molecule has 2 aliphatic rings. The number of methoxy groups -OCH3 is 1. The zero-order chi connectivity index (χ0) is 25.6. The van der Waals surface area contributed by atoms with Gasteiger partial charge >= 0.3 is 13.8 Å². The molecule has 2 rings (SSSR count). The van der Waals surface area contributed by atoms with E-state index < -0.39 is 88.4 Å². The largest absolute Gasteiger partial charge is 0.469 e. The van der Waals surface area contributed by atoms with Crippen molar-refractivity contribution >= 4 is 13.8 Å². The van der Waals surface area contributed by atoms with E-state index in [1.165, 1.54) is 7.11 Å². The van der Waals surface area contributed by atoms with Crippen molar-refractivity contribution in [1.29, 1.82) is 0 Å². The van der Waals surface area contributed by atoms with E-state index in [0.717, 1.165) is 0 Å². The molecule has 0 amide bonds. The van der Waals surface area contributed by atoms with Gasteiger partial charge in [0.15, 0.2) is 12.6 Å². The molecule has 0 spiro atoms. The van der Waals surface area contributed by atoms with Crippen molar-refractivity contribution in [3.63, 3.8) is 0 Å². The Bertz CT molecular complexity index is 688. The highest BCUT2D eigenvalue weighted by Crippen LogP contribution is 2.37. The number of ether oxygens (including phenoxy) is 5. The molecule has 0 aromatic carbocycles. The average molecular weight is 522 g/mol. The number of phosphoric acid groups is 1. The second-order valence-electron chi connectivity index (χ2n) is 7.66. The summed E-state index contributed by atoms with van der Waals surface area (Å²) in [4.78, 5) is 28.9. The number of aliphatic hydroxyl groups excluding tert-OH is 6. The number of carbonyl (C=O) groups excluding carboxylic acids is 1. The van der Waals surface area contributed by atoms with Crippen LogP contribution in [0.3, 0.4) is 0 Å². The first-order valence-corrected chi connectivity index (χ1v) is 11.8. The van der Waals surface area contributed by atoms with Crippen LogP contribution in [0.4, 0.5) is 0 Å². The van der Waals surface area contributed by atoms with Crippen molar-refractivity contribution in [3.8, 4) is 0 Å². The second kappa shape index (κ2) is 12.9. The van der Waals surface area contributed by atoms with Crippen LogP contribution in [0, 0.1) is 0 Å². The second-order valence-corrected chi connectivity index (χ2v) is 8.90. The summed E-state index contributed by atoms with van der Waals surface area (Å²) in [6.45, 7) is -1.68. The van der Waals surface area contributed by atoms with Gasteiger partial charge in [-0.2, -0.15) is 0 Å². The topological polar surface area (TPSA) is 251 Å². The maximum atomic E-state index is 11.2. The van der Waals surface area contributed by atoms with Gasteiger partial charge in [0.2, 0.25) is 0 Å². The Labute approximate surface area is 193 Å². The number of hydrogen-bond acceptors (Lipinski definition) is 14. The van der Waals surface area contributed by atoms with Gasteiger partial charge in [0.05, 0.1) is 26.9 Å². The minimum absolute atomic E-state index is 0.000861. The maximum absolute atomic E-state index is 11.2. The minimum atomic E-state index is -4.96. The lowest BCUT2D eigenvalue weighted by molar-refractivity contribution is -0.367. The van der Waals surface area contributed by atoms with Gasteiger partial charge in [-0.15, -0.1) is 0 Å². The molecule has 10 atom stereocenters. The quantitative estimate of drug-likeness (QED) is 0.0725. The molecule has 2 heterocycles. The van der Waals surface area contributed by atoms with Crippen molar-refractivity contribution in [2.24, 2.45) is 0 Å². The van der Waals surface area contributed by atoms with E-state index in [0.29, 0.717) is 0 Å². The zero-order valence-electron chi connectivity index (χ0n) is 18.1. The summed E-state index contributed by atoms with van der Waals surface area (Å²) in [5, 5.41) is 60.5. The molecule has 4 unspecified atom stereocenters. The molecule has 17 heteroatoms. The molecule has 16 nitrogen and oxygen atoms in total. The molecular formula is C17H31O16P. The van der Waals surface area contributed by atoms with E-state index in [2.05, 4.69) is 9.26 Å². The predicted molar refractivity (Wildman–Crippen MR) is 105 cm³/mol. The highest BCUT2D eigenvalue weighted by molar-refractivity contribution is 7.46. The third kappa shape index (κ3) is 7.84. The number of carbonyl (C=O) groups is 1. The predicted octanol–water partition coefficient (Wildman–Crippen LogP) is -4.30. The Morgan fingerprint density at radius 3 is 2.12 bits per heavy atom. The third-order valence-electron chi connectivity index (χ3n) is 5.23. The third-order valence-corrected chi connectivity index (χ3v) is 5.71. The lowest BCUT2D eigenvalue weighted by Crippen LogP contribution is -2.64. The standard InChI is InChI=1S/C17H31O16P/c1-28-9(19)3-2-4-29-17-15(13(23)10(20)7(5-18)31-17)33-16-14(24)12(22)11(21)8(32-16)6-30-34(25,26)27/h7-8,10-18,20-24H,2-6H2,1H3,(H2,25,26,27)/t7?,8?,10-,11-,12+,13+,14?,15?,16-,17-/m1/s1. The summed E-state index contributed by atoms with van der Waals surface area (Å²) in [6.07, 6.45) is -16.5. The van der Waals surface area contributed by atoms with Crippen LogP contribution in [0.25, 0.3) is 0 Å². The number of esters is 1. The molecular weight excluding hydrogens is 491 g/mol. The van der Waals surface area contributed by atoms with Crippen LogP contribution < -0.4 is 0 Å². The SMILES string of the molecule is COC(=O)CCCO[C@@H]1OC(CO)[C@@H](O)[C@H](O)C1O[C@H]1OC(COP(=O)(O)O)[C@@H](O)[C@H](O)C1O. The monoisotopic (exact) mass is 522 g/mol. The van der Waals surface area contributed by atoms with E-state index in [1.807, 2.05) is 0 Å². The Morgan fingerprint density at radius 1 is 0.912 bits per heavy atom. The van der Waals surface area contributed by atoms with Crippen LogP contribution in [-0.4, -0.2) is 135 Å². The average Bonchev–Trinajstić information content (AvgIpc) is 2.79. The van der Waals surface area contributed by atoms with E-state index in [9.17, 15) is 40.0 Å². The number of rotatable bonds is 11. The molecule has 2 aliphatic heterocycles. The summed E-state index contributed by atoms with van der Waals surface area (Å²) in [5.74, 6) is -0.500. The lowest BCUT2D eigenvalue weighted by Gasteiger charge is -2.46. The smallest absolute Gasteiger partial charge is 0.469 e. The van der Waals surface area contributed by atoms with Gasteiger partial charge < -0.3 is 64.1 Å². The summed E-state index contributed by atoms with van der Waals surface area (Å²) in [7, 11) is -3.75. The van der Waals surface area contributed by atoms with Crippen LogP contribution in [0.1, 0.15) is 12.8 Å². The van der Waals surface area contributed by atoms with Gasteiger partial charge in [0, 0.05) is 6.42 Å². The molecule has 0 aromatic rings. The fourth-order valence-electron chi connectivity index (χ4n) is 3.35. The normalized spacial score (nSPS) is 39.1. The highest BCUT2D eigenvalue weighted by atomic mass is 31.2. The number of hydrogen-bond donors (Lipinski definition) is 8.